The molecule has 0 unspecified atom stereocenters. The van der Waals surface area contributed by atoms with E-state index < -0.39 is 0 Å². The summed E-state index contributed by atoms with van der Waals surface area (Å²) < 4.78 is 6.55. The lowest BCUT2D eigenvalue weighted by Crippen LogP contribution is -2.39. The van der Waals surface area contributed by atoms with E-state index >= 15 is 0 Å². The molecule has 0 saturated carbocycles. The normalized spacial score (nSPS) is 23.6. The fraction of sp³-hybridized carbons (Fsp3) is 0.250. The predicted octanol–water partition coefficient (Wildman–Crippen LogP) is 3.12. The van der Waals surface area contributed by atoms with Crippen LogP contribution in [0.1, 0.15) is 29.5 Å². The number of carbonyl (C=O) groups excluding carboxylic acids is 1. The molecule has 4 heteroatoms. The van der Waals surface area contributed by atoms with Crippen LogP contribution in [0.2, 0.25) is 0 Å². The van der Waals surface area contributed by atoms with Gasteiger partial charge in [-0.15, -0.1) is 0 Å². The minimum Gasteiger partial charge on any atom is -0.481 e. The van der Waals surface area contributed by atoms with Crippen molar-refractivity contribution >= 4 is 22.9 Å². The average molecular weight is 318 g/mol. The van der Waals surface area contributed by atoms with Gasteiger partial charge in [0.05, 0.1) is 5.57 Å². The highest BCUT2D eigenvalue weighted by molar-refractivity contribution is 6.36. The first-order valence-electron chi connectivity index (χ1n) is 8.43. The Bertz CT molecular complexity index is 879. The van der Waals surface area contributed by atoms with Crippen LogP contribution < -0.4 is 10.6 Å². The van der Waals surface area contributed by atoms with E-state index in [1.54, 1.807) is 0 Å². The van der Waals surface area contributed by atoms with Crippen molar-refractivity contribution in [1.29, 1.82) is 0 Å². The van der Waals surface area contributed by atoms with Crippen molar-refractivity contribution in [3.63, 3.8) is 0 Å². The highest BCUT2D eigenvalue weighted by atomic mass is 16.5. The number of anilines is 1. The first kappa shape index (κ1) is 13.8. The largest absolute Gasteiger partial charge is 0.481 e. The molecule has 0 aliphatic carbocycles. The fourth-order valence-corrected chi connectivity index (χ4v) is 4.11. The van der Waals surface area contributed by atoms with E-state index in [1.807, 2.05) is 30.3 Å². The maximum absolute atomic E-state index is 12.6. The number of hydrogen-bond donors (Lipinski definition) is 2. The van der Waals surface area contributed by atoms with E-state index in [9.17, 15) is 4.79 Å². The third-order valence-electron chi connectivity index (χ3n) is 5.27. The Balaban J connectivity index is 1.75. The Morgan fingerprint density at radius 1 is 0.917 bits per heavy atom. The summed E-state index contributed by atoms with van der Waals surface area (Å²) in [6.07, 6.45) is 1.84. The minimum atomic E-state index is -0.304. The Morgan fingerprint density at radius 3 is 2.46 bits per heavy atom. The quantitative estimate of drug-likeness (QED) is 0.734. The van der Waals surface area contributed by atoms with Gasteiger partial charge in [0.2, 0.25) is 0 Å². The van der Waals surface area contributed by atoms with Crippen LogP contribution in [0.5, 0.6) is 0 Å². The minimum absolute atomic E-state index is 0.0769. The number of benzene rings is 2. The number of ether oxygens (including phenoxy) is 1. The van der Waals surface area contributed by atoms with Crippen LogP contribution in [0.15, 0.2) is 48.5 Å². The smallest absolute Gasteiger partial charge is 0.260 e. The van der Waals surface area contributed by atoms with E-state index in [2.05, 4.69) is 28.8 Å². The molecule has 24 heavy (non-hydrogen) atoms. The SMILES string of the molecule is O=C1Nc2ccccc2/C1=C1\OC2(CCNCC2)c2ccccc21. The molecule has 0 atom stereocenters. The molecular weight excluding hydrogens is 300 g/mol. The van der Waals surface area contributed by atoms with Gasteiger partial charge in [0.25, 0.3) is 5.91 Å². The van der Waals surface area contributed by atoms with Gasteiger partial charge in [-0.3, -0.25) is 4.79 Å². The van der Waals surface area contributed by atoms with Gasteiger partial charge >= 0.3 is 0 Å². The predicted molar refractivity (Wildman–Crippen MR) is 93.2 cm³/mol. The average Bonchev–Trinajstić information content (AvgIpc) is 3.11. The van der Waals surface area contributed by atoms with Gasteiger partial charge in [-0.25, -0.2) is 0 Å². The second-order valence-electron chi connectivity index (χ2n) is 6.60. The molecule has 0 radical (unpaired) electrons. The number of rotatable bonds is 0. The standard InChI is InChI=1S/C20H18N2O2/c23-19-17(14-6-2-4-8-16(14)22-19)18-13-5-1-3-7-15(13)20(24-18)9-11-21-12-10-20/h1-8,21H,9-12H2,(H,22,23)/b18-17+. The third kappa shape index (κ3) is 1.80. The molecule has 2 N–H and O–H groups in total. The summed E-state index contributed by atoms with van der Waals surface area (Å²) in [5.74, 6) is 0.655. The molecule has 3 aliphatic heterocycles. The van der Waals surface area contributed by atoms with E-state index in [0.717, 1.165) is 48.5 Å². The highest BCUT2D eigenvalue weighted by Gasteiger charge is 2.46. The molecule has 0 aromatic heterocycles. The van der Waals surface area contributed by atoms with Crippen molar-refractivity contribution in [1.82, 2.24) is 5.32 Å². The molecule has 1 saturated heterocycles. The second-order valence-corrected chi connectivity index (χ2v) is 6.60. The summed E-state index contributed by atoms with van der Waals surface area (Å²) >= 11 is 0. The van der Waals surface area contributed by atoms with Crippen LogP contribution in [0.3, 0.4) is 0 Å². The molecule has 2 aromatic carbocycles. The van der Waals surface area contributed by atoms with Gasteiger partial charge in [0, 0.05) is 35.2 Å². The number of fused-ring (bicyclic) bond motifs is 3. The topological polar surface area (TPSA) is 50.4 Å². The number of piperidine rings is 1. The van der Waals surface area contributed by atoms with Gasteiger partial charge in [-0.1, -0.05) is 42.5 Å². The molecule has 2 aromatic rings. The number of carbonyl (C=O) groups is 1. The molecule has 1 amide bonds. The molecule has 3 heterocycles. The Labute approximate surface area is 140 Å². The molecule has 5 rings (SSSR count). The van der Waals surface area contributed by atoms with Crippen molar-refractivity contribution < 1.29 is 9.53 Å². The van der Waals surface area contributed by atoms with Crippen LogP contribution in [0.4, 0.5) is 5.69 Å². The maximum atomic E-state index is 12.6. The summed E-state index contributed by atoms with van der Waals surface area (Å²) in [7, 11) is 0. The van der Waals surface area contributed by atoms with Gasteiger partial charge in [-0.2, -0.15) is 0 Å². The van der Waals surface area contributed by atoms with Crippen molar-refractivity contribution in [2.75, 3.05) is 18.4 Å². The molecule has 4 nitrogen and oxygen atoms in total. The van der Waals surface area contributed by atoms with Crippen molar-refractivity contribution in [3.05, 3.63) is 65.2 Å². The van der Waals surface area contributed by atoms with Crippen LogP contribution in [-0.4, -0.2) is 19.0 Å². The zero-order valence-corrected chi connectivity index (χ0v) is 13.3. The summed E-state index contributed by atoms with van der Waals surface area (Å²) in [5.41, 5.74) is 4.42. The van der Waals surface area contributed by atoms with Gasteiger partial charge in [-0.05, 0) is 19.2 Å². The zero-order chi connectivity index (χ0) is 16.1. The van der Waals surface area contributed by atoms with E-state index in [4.69, 9.17) is 4.74 Å². The van der Waals surface area contributed by atoms with Crippen molar-refractivity contribution in [2.24, 2.45) is 0 Å². The lowest BCUT2D eigenvalue weighted by molar-refractivity contribution is -0.110. The first-order valence-corrected chi connectivity index (χ1v) is 8.43. The Morgan fingerprint density at radius 2 is 1.62 bits per heavy atom. The maximum Gasteiger partial charge on any atom is 0.260 e. The summed E-state index contributed by atoms with van der Waals surface area (Å²) in [4.78, 5) is 12.6. The second kappa shape index (κ2) is 4.95. The Hall–Kier alpha value is -2.59. The van der Waals surface area contributed by atoms with E-state index in [1.165, 1.54) is 5.56 Å². The van der Waals surface area contributed by atoms with Crippen LogP contribution >= 0.6 is 0 Å². The van der Waals surface area contributed by atoms with Crippen LogP contribution in [0, 0.1) is 0 Å². The van der Waals surface area contributed by atoms with Gasteiger partial charge in [0.1, 0.15) is 11.4 Å². The number of nitrogens with one attached hydrogen (secondary N) is 2. The lowest BCUT2D eigenvalue weighted by Gasteiger charge is -2.34. The lowest BCUT2D eigenvalue weighted by atomic mass is 9.84. The number of amides is 1. The highest BCUT2D eigenvalue weighted by Crippen LogP contribution is 2.51. The summed E-state index contributed by atoms with van der Waals surface area (Å²) in [5, 5.41) is 6.36. The number of para-hydroxylation sites is 1. The first-order chi connectivity index (χ1) is 11.8. The summed E-state index contributed by atoms with van der Waals surface area (Å²) in [6, 6.07) is 16.1. The monoisotopic (exact) mass is 318 g/mol. The zero-order valence-electron chi connectivity index (χ0n) is 13.3. The third-order valence-corrected chi connectivity index (χ3v) is 5.27. The van der Waals surface area contributed by atoms with Crippen LogP contribution in [0.25, 0.3) is 11.3 Å². The summed E-state index contributed by atoms with van der Waals surface area (Å²) in [6.45, 7) is 1.86. The fourth-order valence-electron chi connectivity index (χ4n) is 4.11. The van der Waals surface area contributed by atoms with Gasteiger partial charge in [0.15, 0.2) is 0 Å². The van der Waals surface area contributed by atoms with E-state index in [-0.39, 0.29) is 11.5 Å². The van der Waals surface area contributed by atoms with Crippen molar-refractivity contribution in [3.8, 4) is 0 Å². The van der Waals surface area contributed by atoms with E-state index in [0.29, 0.717) is 5.57 Å². The van der Waals surface area contributed by atoms with Crippen LogP contribution in [-0.2, 0) is 15.1 Å². The molecule has 0 bridgehead atoms. The molecule has 120 valence electrons. The molecule has 1 spiro atoms. The Kier molecular flexibility index (Phi) is 2.85. The molecule has 1 fully saturated rings. The van der Waals surface area contributed by atoms with Gasteiger partial charge < -0.3 is 15.4 Å². The number of hydrogen-bond acceptors (Lipinski definition) is 3. The molecule has 3 aliphatic rings. The molecular formula is C20H18N2O2. The van der Waals surface area contributed by atoms with Crippen molar-refractivity contribution in [2.45, 2.75) is 18.4 Å².